The first-order chi connectivity index (χ1) is 13.0. The van der Waals surface area contributed by atoms with E-state index in [1.807, 2.05) is 35.2 Å². The number of hydrogen-bond donors (Lipinski definition) is 2. The van der Waals surface area contributed by atoms with Crippen LogP contribution in [0.15, 0.2) is 30.3 Å². The fourth-order valence-corrected chi connectivity index (χ4v) is 3.85. The summed E-state index contributed by atoms with van der Waals surface area (Å²) in [5, 5.41) is 6.14. The Labute approximate surface area is 161 Å². The lowest BCUT2D eigenvalue weighted by Crippen LogP contribution is -2.60. The average molecular weight is 373 g/mol. The van der Waals surface area contributed by atoms with Crippen LogP contribution in [0.25, 0.3) is 0 Å². The number of benzene rings is 1. The molecule has 3 rings (SSSR count). The van der Waals surface area contributed by atoms with Gasteiger partial charge in [0.15, 0.2) is 0 Å². The van der Waals surface area contributed by atoms with Crippen molar-refractivity contribution in [3.63, 3.8) is 0 Å². The van der Waals surface area contributed by atoms with Crippen LogP contribution in [0, 0.1) is 11.3 Å². The number of piperidine rings is 1. The van der Waals surface area contributed by atoms with E-state index >= 15 is 0 Å². The molecule has 0 radical (unpaired) electrons. The molecular weight excluding hydrogens is 342 g/mol. The van der Waals surface area contributed by atoms with Gasteiger partial charge in [0.1, 0.15) is 12.6 Å². The monoisotopic (exact) mass is 373 g/mol. The van der Waals surface area contributed by atoms with Crippen molar-refractivity contribution in [1.29, 1.82) is 0 Å². The molecule has 27 heavy (non-hydrogen) atoms. The first-order valence-corrected chi connectivity index (χ1v) is 9.94. The highest BCUT2D eigenvalue weighted by molar-refractivity contribution is 5.85. The summed E-state index contributed by atoms with van der Waals surface area (Å²) in [5.41, 5.74) is 1.32. The highest BCUT2D eigenvalue weighted by Gasteiger charge is 2.41. The molecule has 2 aliphatic heterocycles. The fraction of sp³-hybridized carbons (Fsp3) is 0.619. The normalized spacial score (nSPS) is 19.4. The third-order valence-corrected chi connectivity index (χ3v) is 5.65. The van der Waals surface area contributed by atoms with Crippen molar-refractivity contribution in [1.82, 2.24) is 15.5 Å². The zero-order valence-corrected chi connectivity index (χ0v) is 16.4. The maximum absolute atomic E-state index is 13.0. The Morgan fingerprint density at radius 2 is 1.85 bits per heavy atom. The Kier molecular flexibility index (Phi) is 6.37. The number of amides is 2. The van der Waals surface area contributed by atoms with Gasteiger partial charge < -0.3 is 20.3 Å². The smallest absolute Gasteiger partial charge is 0.408 e. The van der Waals surface area contributed by atoms with Crippen molar-refractivity contribution in [2.45, 2.75) is 45.8 Å². The molecule has 1 spiro atoms. The SMILES string of the molecule is CC(C)CC(NC(=O)OCc1ccccc1)C(=O)N1CCC2(CC1)CNC2. The molecular formula is C21H31N3O3. The molecule has 1 atom stereocenters. The lowest BCUT2D eigenvalue weighted by atomic mass is 9.73. The molecule has 0 aliphatic carbocycles. The van der Waals surface area contributed by atoms with Gasteiger partial charge in [0.25, 0.3) is 0 Å². The van der Waals surface area contributed by atoms with Crippen molar-refractivity contribution in [3.05, 3.63) is 35.9 Å². The summed E-state index contributed by atoms with van der Waals surface area (Å²) in [7, 11) is 0. The third kappa shape index (κ3) is 5.22. The van der Waals surface area contributed by atoms with Gasteiger partial charge in [-0.25, -0.2) is 4.79 Å². The molecule has 6 heteroatoms. The van der Waals surface area contributed by atoms with E-state index in [9.17, 15) is 9.59 Å². The number of likely N-dealkylation sites (tertiary alicyclic amines) is 1. The van der Waals surface area contributed by atoms with Gasteiger partial charge >= 0.3 is 6.09 Å². The molecule has 148 valence electrons. The summed E-state index contributed by atoms with van der Waals surface area (Å²) in [6, 6.07) is 9.02. The van der Waals surface area contributed by atoms with E-state index in [1.54, 1.807) is 0 Å². The molecule has 2 fully saturated rings. The van der Waals surface area contributed by atoms with Crippen molar-refractivity contribution < 1.29 is 14.3 Å². The molecule has 0 bridgehead atoms. The number of carbonyl (C=O) groups is 2. The van der Waals surface area contributed by atoms with Gasteiger partial charge in [-0.15, -0.1) is 0 Å². The first kappa shape index (κ1) is 19.7. The topological polar surface area (TPSA) is 70.7 Å². The highest BCUT2D eigenvalue weighted by Crippen LogP contribution is 2.35. The molecule has 1 aromatic carbocycles. The van der Waals surface area contributed by atoms with Crippen molar-refractivity contribution in [2.24, 2.45) is 11.3 Å². The van der Waals surface area contributed by atoms with Crippen LogP contribution in [0.2, 0.25) is 0 Å². The van der Waals surface area contributed by atoms with E-state index in [0.717, 1.165) is 44.6 Å². The van der Waals surface area contributed by atoms with Crippen LogP contribution in [0.5, 0.6) is 0 Å². The Morgan fingerprint density at radius 1 is 1.19 bits per heavy atom. The number of nitrogens with one attached hydrogen (secondary N) is 2. The van der Waals surface area contributed by atoms with E-state index in [1.165, 1.54) is 0 Å². The minimum atomic E-state index is -0.533. The second-order valence-corrected chi connectivity index (χ2v) is 8.32. The standard InChI is InChI=1S/C21H31N3O3/c1-16(2)12-18(23-20(26)27-13-17-6-4-3-5-7-17)19(25)24-10-8-21(9-11-24)14-22-15-21/h3-7,16,18,22H,8-15H2,1-2H3,(H,23,26). The highest BCUT2D eigenvalue weighted by atomic mass is 16.5. The summed E-state index contributed by atoms with van der Waals surface area (Å²) < 4.78 is 5.31. The molecule has 1 unspecified atom stereocenters. The van der Waals surface area contributed by atoms with Gasteiger partial charge in [-0.2, -0.15) is 0 Å². The molecule has 0 saturated carbocycles. The van der Waals surface area contributed by atoms with Crippen LogP contribution in [0.3, 0.4) is 0 Å². The average Bonchev–Trinajstić information content (AvgIpc) is 2.64. The van der Waals surface area contributed by atoms with E-state index in [-0.39, 0.29) is 12.5 Å². The van der Waals surface area contributed by atoms with E-state index in [0.29, 0.717) is 17.8 Å². The van der Waals surface area contributed by atoms with Crippen LogP contribution in [-0.2, 0) is 16.1 Å². The first-order valence-electron chi connectivity index (χ1n) is 9.94. The van der Waals surface area contributed by atoms with Crippen LogP contribution in [0.1, 0.15) is 38.7 Å². The van der Waals surface area contributed by atoms with E-state index < -0.39 is 12.1 Å². The Morgan fingerprint density at radius 3 is 2.41 bits per heavy atom. The molecule has 2 saturated heterocycles. The van der Waals surface area contributed by atoms with Gasteiger partial charge in [-0.1, -0.05) is 44.2 Å². The number of rotatable bonds is 6. The quantitative estimate of drug-likeness (QED) is 0.804. The van der Waals surface area contributed by atoms with Crippen LogP contribution >= 0.6 is 0 Å². The molecule has 2 amide bonds. The van der Waals surface area contributed by atoms with E-state index in [2.05, 4.69) is 24.5 Å². The zero-order chi connectivity index (χ0) is 19.3. The zero-order valence-electron chi connectivity index (χ0n) is 16.4. The predicted molar refractivity (Wildman–Crippen MR) is 104 cm³/mol. The maximum Gasteiger partial charge on any atom is 0.408 e. The number of hydrogen-bond acceptors (Lipinski definition) is 4. The maximum atomic E-state index is 13.0. The summed E-state index contributed by atoms with van der Waals surface area (Å²) in [5.74, 6) is 0.322. The van der Waals surface area contributed by atoms with Crippen molar-refractivity contribution in [2.75, 3.05) is 26.2 Å². The molecule has 2 heterocycles. The lowest BCUT2D eigenvalue weighted by molar-refractivity contribution is -0.136. The molecule has 0 aromatic heterocycles. The van der Waals surface area contributed by atoms with Crippen molar-refractivity contribution >= 4 is 12.0 Å². The number of carbonyl (C=O) groups excluding carboxylic acids is 2. The minimum Gasteiger partial charge on any atom is -0.445 e. The Balaban J connectivity index is 1.52. The van der Waals surface area contributed by atoms with Crippen LogP contribution < -0.4 is 10.6 Å². The second-order valence-electron chi connectivity index (χ2n) is 8.32. The Hall–Kier alpha value is -2.08. The van der Waals surface area contributed by atoms with Gasteiger partial charge in [-0.05, 0) is 36.2 Å². The van der Waals surface area contributed by atoms with Gasteiger partial charge in [0.05, 0.1) is 0 Å². The van der Waals surface area contributed by atoms with Gasteiger partial charge in [-0.3, -0.25) is 4.79 Å². The molecule has 6 nitrogen and oxygen atoms in total. The molecule has 2 aliphatic rings. The molecule has 1 aromatic rings. The largest absolute Gasteiger partial charge is 0.445 e. The summed E-state index contributed by atoms with van der Waals surface area (Å²) in [4.78, 5) is 27.2. The Bertz CT molecular complexity index is 633. The summed E-state index contributed by atoms with van der Waals surface area (Å²) >= 11 is 0. The predicted octanol–water partition coefficient (Wildman–Crippen LogP) is 2.54. The number of nitrogens with zero attached hydrogens (tertiary/aromatic N) is 1. The van der Waals surface area contributed by atoms with Crippen molar-refractivity contribution in [3.8, 4) is 0 Å². The van der Waals surface area contributed by atoms with Crippen LogP contribution in [-0.4, -0.2) is 49.1 Å². The lowest BCUT2D eigenvalue weighted by Gasteiger charge is -2.48. The van der Waals surface area contributed by atoms with E-state index in [4.69, 9.17) is 4.74 Å². The second kappa shape index (κ2) is 8.74. The van der Waals surface area contributed by atoms with Crippen LogP contribution in [0.4, 0.5) is 4.79 Å². The van der Waals surface area contributed by atoms with Gasteiger partial charge in [0.2, 0.25) is 5.91 Å². The number of alkyl carbamates (subject to hydrolysis) is 1. The minimum absolute atomic E-state index is 0.0162. The van der Waals surface area contributed by atoms with Gasteiger partial charge in [0, 0.05) is 26.2 Å². The number of ether oxygens (including phenoxy) is 1. The fourth-order valence-electron chi connectivity index (χ4n) is 3.85. The molecule has 2 N–H and O–H groups in total. The third-order valence-electron chi connectivity index (χ3n) is 5.65. The summed E-state index contributed by atoms with van der Waals surface area (Å²) in [6.45, 7) is 7.99. The summed E-state index contributed by atoms with van der Waals surface area (Å²) in [6.07, 6.45) is 2.16.